The molecule has 20 heavy (non-hydrogen) atoms. The summed E-state index contributed by atoms with van der Waals surface area (Å²) in [6.45, 7) is 3.46. The fourth-order valence-electron chi connectivity index (χ4n) is 2.81. The fraction of sp³-hybridized carbons (Fsp3) is 0.571. The molecule has 2 atom stereocenters. The minimum Gasteiger partial charge on any atom is -0.393 e. The minimum atomic E-state index is -0.370. The van der Waals surface area contributed by atoms with E-state index >= 15 is 0 Å². The Kier molecular flexibility index (Phi) is 5.12. The van der Waals surface area contributed by atoms with Gasteiger partial charge in [0.1, 0.15) is 0 Å². The van der Waals surface area contributed by atoms with E-state index in [0.717, 1.165) is 31.4 Å². The minimum absolute atomic E-state index is 0.105. The molecular weight excluding hydrogens is 324 g/mol. The van der Waals surface area contributed by atoms with Gasteiger partial charge in [-0.05, 0) is 54.2 Å². The molecule has 0 aromatic heterocycles. The molecule has 110 valence electrons. The van der Waals surface area contributed by atoms with Gasteiger partial charge in [0, 0.05) is 18.7 Å². The Morgan fingerprint density at radius 1 is 1.60 bits per heavy atom. The highest BCUT2D eigenvalue weighted by molar-refractivity contribution is 9.10. The van der Waals surface area contributed by atoms with Gasteiger partial charge in [-0.15, -0.1) is 0 Å². The average Bonchev–Trinajstić information content (AvgIpc) is 2.78. The van der Waals surface area contributed by atoms with Crippen molar-refractivity contribution in [3.63, 3.8) is 0 Å². The number of likely N-dealkylation sites (tertiary alicyclic amines) is 1. The van der Waals surface area contributed by atoms with E-state index in [0.29, 0.717) is 17.1 Å². The number of hydrogen-bond acceptors (Lipinski definition) is 4. The van der Waals surface area contributed by atoms with E-state index in [2.05, 4.69) is 20.8 Å². The van der Waals surface area contributed by atoms with Gasteiger partial charge in [0.05, 0.1) is 15.5 Å². The van der Waals surface area contributed by atoms with Gasteiger partial charge in [-0.2, -0.15) is 0 Å². The lowest BCUT2D eigenvalue weighted by atomic mass is 10.1. The summed E-state index contributed by atoms with van der Waals surface area (Å²) in [5.74, 6) is 0. The standard InChI is InChI=1S/C14H19BrN2O3/c1-10(18)8-12-5-3-7-16(12)9-11-4-2-6-13(14(11)15)17(19)20/h2,4,6,10,12,18H,3,5,7-9H2,1H3. The maximum atomic E-state index is 10.9. The molecule has 1 saturated heterocycles. The van der Waals surface area contributed by atoms with E-state index in [4.69, 9.17) is 0 Å². The number of nitro groups is 1. The van der Waals surface area contributed by atoms with Crippen molar-refractivity contribution in [2.24, 2.45) is 0 Å². The maximum Gasteiger partial charge on any atom is 0.283 e. The first kappa shape index (κ1) is 15.4. The lowest BCUT2D eigenvalue weighted by Crippen LogP contribution is -2.31. The van der Waals surface area contributed by atoms with E-state index in [1.165, 1.54) is 6.07 Å². The molecule has 0 aliphatic carbocycles. The molecule has 0 spiro atoms. The smallest absolute Gasteiger partial charge is 0.283 e. The molecule has 0 saturated carbocycles. The molecule has 5 nitrogen and oxygen atoms in total. The third-order valence-electron chi connectivity index (χ3n) is 3.74. The van der Waals surface area contributed by atoms with E-state index in [1.54, 1.807) is 13.0 Å². The summed E-state index contributed by atoms with van der Waals surface area (Å²) >= 11 is 3.34. The van der Waals surface area contributed by atoms with Crippen molar-refractivity contribution >= 4 is 21.6 Å². The van der Waals surface area contributed by atoms with Crippen LogP contribution in [0.25, 0.3) is 0 Å². The third kappa shape index (κ3) is 3.56. The Morgan fingerprint density at radius 2 is 2.35 bits per heavy atom. The van der Waals surface area contributed by atoms with E-state index < -0.39 is 0 Å². The summed E-state index contributed by atoms with van der Waals surface area (Å²) in [7, 11) is 0. The molecule has 1 N–H and O–H groups in total. The number of nitro benzene ring substituents is 1. The zero-order valence-corrected chi connectivity index (χ0v) is 13.0. The van der Waals surface area contributed by atoms with Crippen LogP contribution < -0.4 is 0 Å². The van der Waals surface area contributed by atoms with Crippen LogP contribution in [0.15, 0.2) is 22.7 Å². The molecule has 1 fully saturated rings. The Hall–Kier alpha value is -0.980. The van der Waals surface area contributed by atoms with E-state index in [9.17, 15) is 15.2 Å². The fourth-order valence-corrected chi connectivity index (χ4v) is 3.35. The summed E-state index contributed by atoms with van der Waals surface area (Å²) in [6, 6.07) is 5.50. The zero-order valence-electron chi connectivity index (χ0n) is 11.5. The number of halogens is 1. The van der Waals surface area contributed by atoms with E-state index in [-0.39, 0.29) is 16.7 Å². The highest BCUT2D eigenvalue weighted by Crippen LogP contribution is 2.31. The van der Waals surface area contributed by atoms with Crippen molar-refractivity contribution in [3.05, 3.63) is 38.3 Å². The number of aliphatic hydroxyl groups is 1. The zero-order chi connectivity index (χ0) is 14.7. The van der Waals surface area contributed by atoms with E-state index in [1.807, 2.05) is 6.07 Å². The van der Waals surface area contributed by atoms with Crippen LogP contribution in [-0.2, 0) is 6.54 Å². The lowest BCUT2D eigenvalue weighted by molar-refractivity contribution is -0.385. The lowest BCUT2D eigenvalue weighted by Gasteiger charge is -2.25. The van der Waals surface area contributed by atoms with Crippen LogP contribution in [-0.4, -0.2) is 33.6 Å². The maximum absolute atomic E-state index is 10.9. The molecule has 6 heteroatoms. The Balaban J connectivity index is 2.13. The Morgan fingerprint density at radius 3 is 3.00 bits per heavy atom. The van der Waals surface area contributed by atoms with Crippen molar-refractivity contribution in [2.75, 3.05) is 6.54 Å². The van der Waals surface area contributed by atoms with Gasteiger partial charge in [0.25, 0.3) is 5.69 Å². The highest BCUT2D eigenvalue weighted by atomic mass is 79.9. The number of aliphatic hydroxyl groups excluding tert-OH is 1. The van der Waals surface area contributed by atoms with Gasteiger partial charge in [-0.1, -0.05) is 12.1 Å². The molecule has 0 bridgehead atoms. The van der Waals surface area contributed by atoms with Gasteiger partial charge >= 0.3 is 0 Å². The number of nitrogens with zero attached hydrogens (tertiary/aromatic N) is 2. The van der Waals surface area contributed by atoms with Gasteiger partial charge in [-0.25, -0.2) is 0 Å². The predicted octanol–water partition coefficient (Wildman–Crippen LogP) is 3.09. The van der Waals surface area contributed by atoms with Crippen molar-refractivity contribution in [2.45, 2.75) is 44.9 Å². The van der Waals surface area contributed by atoms with Gasteiger partial charge in [0.15, 0.2) is 0 Å². The van der Waals surface area contributed by atoms with Gasteiger partial charge < -0.3 is 5.11 Å². The largest absolute Gasteiger partial charge is 0.393 e. The molecule has 0 radical (unpaired) electrons. The molecule has 1 heterocycles. The van der Waals surface area contributed by atoms with Crippen LogP contribution in [0.5, 0.6) is 0 Å². The number of hydrogen-bond donors (Lipinski definition) is 1. The highest BCUT2D eigenvalue weighted by Gasteiger charge is 2.27. The molecular formula is C14H19BrN2O3. The quantitative estimate of drug-likeness (QED) is 0.659. The molecule has 1 aliphatic heterocycles. The second-order valence-electron chi connectivity index (χ2n) is 5.36. The summed E-state index contributed by atoms with van der Waals surface area (Å²) in [5.41, 5.74) is 1.03. The third-order valence-corrected chi connectivity index (χ3v) is 4.66. The van der Waals surface area contributed by atoms with Crippen molar-refractivity contribution < 1.29 is 10.0 Å². The Bertz CT molecular complexity index is 493. The average molecular weight is 343 g/mol. The van der Waals surface area contributed by atoms with Crippen LogP contribution in [0.1, 0.15) is 31.7 Å². The predicted molar refractivity (Wildman–Crippen MR) is 80.5 cm³/mol. The van der Waals surface area contributed by atoms with Crippen LogP contribution in [0.3, 0.4) is 0 Å². The monoisotopic (exact) mass is 342 g/mol. The van der Waals surface area contributed by atoms with Crippen LogP contribution in [0.2, 0.25) is 0 Å². The Labute approximate surface area is 126 Å². The molecule has 0 amide bonds. The van der Waals surface area contributed by atoms with Crippen molar-refractivity contribution in [3.8, 4) is 0 Å². The topological polar surface area (TPSA) is 66.6 Å². The first-order valence-corrected chi connectivity index (χ1v) is 7.62. The normalized spacial score (nSPS) is 21.1. The first-order valence-electron chi connectivity index (χ1n) is 6.83. The SMILES string of the molecule is CC(O)CC1CCCN1Cc1cccc([N+](=O)[O-])c1Br. The van der Waals surface area contributed by atoms with Gasteiger partial charge in [0.2, 0.25) is 0 Å². The molecule has 2 unspecified atom stereocenters. The second-order valence-corrected chi connectivity index (χ2v) is 6.15. The molecule has 2 rings (SSSR count). The van der Waals surface area contributed by atoms with Crippen LogP contribution in [0, 0.1) is 10.1 Å². The number of benzene rings is 1. The summed E-state index contributed by atoms with van der Waals surface area (Å²) < 4.78 is 0.563. The summed E-state index contributed by atoms with van der Waals surface area (Å²) in [4.78, 5) is 12.9. The second kappa shape index (κ2) is 6.65. The number of rotatable bonds is 5. The first-order chi connectivity index (χ1) is 9.49. The van der Waals surface area contributed by atoms with Crippen LogP contribution in [0.4, 0.5) is 5.69 Å². The van der Waals surface area contributed by atoms with Crippen molar-refractivity contribution in [1.29, 1.82) is 0 Å². The van der Waals surface area contributed by atoms with Gasteiger partial charge in [-0.3, -0.25) is 15.0 Å². The molecule has 1 aromatic rings. The molecule has 1 aromatic carbocycles. The molecule has 1 aliphatic rings. The summed E-state index contributed by atoms with van der Waals surface area (Å²) in [5, 5.41) is 20.5. The van der Waals surface area contributed by atoms with Crippen LogP contribution >= 0.6 is 15.9 Å². The van der Waals surface area contributed by atoms with Crippen molar-refractivity contribution in [1.82, 2.24) is 4.90 Å². The summed E-state index contributed by atoms with van der Waals surface area (Å²) in [6.07, 6.45) is 2.64.